The molecule has 0 aliphatic heterocycles. The number of carbonyl (C=O) groups excluding carboxylic acids is 1. The van der Waals surface area contributed by atoms with Crippen molar-refractivity contribution >= 4 is 55.9 Å². The number of para-hydroxylation sites is 1. The number of anilines is 1. The molecule has 28 heavy (non-hydrogen) atoms. The summed E-state index contributed by atoms with van der Waals surface area (Å²) >= 11 is 13.5. The smallest absolute Gasteiger partial charge is 0.282 e. The quantitative estimate of drug-likeness (QED) is 0.413. The van der Waals surface area contributed by atoms with Gasteiger partial charge in [0.05, 0.1) is 15.4 Å². The van der Waals surface area contributed by atoms with Crippen LogP contribution >= 0.6 is 34.5 Å². The number of carbonyl (C=O) groups is 1. The van der Waals surface area contributed by atoms with E-state index in [9.17, 15) is 4.79 Å². The largest absolute Gasteiger partial charge is 0.348 e. The number of rotatable bonds is 4. The Morgan fingerprint density at radius 3 is 2.71 bits per heavy atom. The summed E-state index contributed by atoms with van der Waals surface area (Å²) in [6.07, 6.45) is 1.55. The number of aromatic nitrogens is 3. The molecule has 2 heterocycles. The van der Waals surface area contributed by atoms with E-state index >= 15 is 0 Å². The Labute approximate surface area is 175 Å². The molecule has 5 nitrogen and oxygen atoms in total. The fraction of sp³-hybridized carbons (Fsp3) is 0.150. The molecule has 1 amide bonds. The first kappa shape index (κ1) is 18.9. The van der Waals surface area contributed by atoms with E-state index in [4.69, 9.17) is 23.2 Å². The van der Waals surface area contributed by atoms with Crippen LogP contribution in [-0.2, 0) is 6.42 Å². The Morgan fingerprint density at radius 1 is 1.21 bits per heavy atom. The second-order valence-electron chi connectivity index (χ2n) is 6.12. The molecule has 0 saturated heterocycles. The number of thiazole rings is 1. The molecular formula is C20H15Cl2N4OS. The van der Waals surface area contributed by atoms with Gasteiger partial charge in [-0.2, -0.15) is 9.78 Å². The van der Waals surface area contributed by atoms with Crippen molar-refractivity contribution in [2.24, 2.45) is 0 Å². The van der Waals surface area contributed by atoms with Crippen molar-refractivity contribution < 1.29 is 4.79 Å². The van der Waals surface area contributed by atoms with Gasteiger partial charge in [-0.05, 0) is 30.7 Å². The highest BCUT2D eigenvalue weighted by Gasteiger charge is 2.17. The highest BCUT2D eigenvalue weighted by molar-refractivity contribution is 7.22. The first-order chi connectivity index (χ1) is 13.5. The van der Waals surface area contributed by atoms with E-state index in [1.54, 1.807) is 18.2 Å². The molecule has 2 aromatic heterocycles. The molecule has 1 radical (unpaired) electrons. The van der Waals surface area contributed by atoms with Crippen molar-refractivity contribution in [2.75, 3.05) is 5.32 Å². The van der Waals surface area contributed by atoms with Crippen molar-refractivity contribution in [3.63, 3.8) is 0 Å². The molecule has 0 saturated carbocycles. The van der Waals surface area contributed by atoms with Crippen LogP contribution in [0.5, 0.6) is 0 Å². The number of benzene rings is 2. The van der Waals surface area contributed by atoms with Gasteiger partial charge in [-0.1, -0.05) is 66.1 Å². The van der Waals surface area contributed by atoms with Crippen molar-refractivity contribution in [1.82, 2.24) is 14.8 Å². The minimum Gasteiger partial charge on any atom is -0.282 e. The van der Waals surface area contributed by atoms with E-state index in [2.05, 4.69) is 21.5 Å². The van der Waals surface area contributed by atoms with E-state index in [1.807, 2.05) is 31.2 Å². The molecule has 0 atom stereocenters. The highest BCUT2D eigenvalue weighted by Crippen LogP contribution is 2.31. The minimum absolute atomic E-state index is 0.380. The van der Waals surface area contributed by atoms with Crippen molar-refractivity contribution in [1.29, 1.82) is 0 Å². The summed E-state index contributed by atoms with van der Waals surface area (Å²) in [5.41, 5.74) is 2.83. The maximum Gasteiger partial charge on any atom is 0.348 e. The van der Waals surface area contributed by atoms with Crippen LogP contribution in [0.1, 0.15) is 19.0 Å². The Kier molecular flexibility index (Phi) is 5.35. The Balaban J connectivity index is 1.65. The first-order valence-corrected chi connectivity index (χ1v) is 10.3. The predicted molar refractivity (Wildman–Crippen MR) is 115 cm³/mol. The number of hydrogen-bond donors (Lipinski definition) is 1. The summed E-state index contributed by atoms with van der Waals surface area (Å²) < 4.78 is 2.26. The second-order valence-corrected chi connectivity index (χ2v) is 8.00. The van der Waals surface area contributed by atoms with Crippen LogP contribution in [0.3, 0.4) is 0 Å². The Bertz CT molecular complexity index is 1150. The standard InChI is InChI=1S/C20H15Cl2N4OS/c1-2-4-14-11-16(12-7-9-13(21)10-8-12)25-26(14)20(27)24-19-23-18-15(22)5-3-6-17(18)28-19/h3,5-10H,2,4H2,1H3,(H,23,24,27). The number of nitrogens with one attached hydrogen (secondary N) is 1. The number of halogens is 2. The van der Waals surface area contributed by atoms with Gasteiger partial charge in [0.15, 0.2) is 5.13 Å². The number of hydrogen-bond acceptors (Lipinski definition) is 4. The van der Waals surface area contributed by atoms with Crippen LogP contribution in [0.2, 0.25) is 10.0 Å². The van der Waals surface area contributed by atoms with Crippen LogP contribution in [0, 0.1) is 6.07 Å². The van der Waals surface area contributed by atoms with E-state index in [0.717, 1.165) is 16.7 Å². The Hall–Kier alpha value is -2.41. The molecule has 4 rings (SSSR count). The van der Waals surface area contributed by atoms with Crippen molar-refractivity contribution in [3.8, 4) is 11.3 Å². The molecule has 141 valence electrons. The zero-order valence-electron chi connectivity index (χ0n) is 14.9. The van der Waals surface area contributed by atoms with Gasteiger partial charge in [-0.3, -0.25) is 5.32 Å². The van der Waals surface area contributed by atoms with Crippen molar-refractivity contribution in [3.05, 3.63) is 64.3 Å². The summed E-state index contributed by atoms with van der Waals surface area (Å²) in [6, 6.07) is 15.7. The van der Waals surface area contributed by atoms with Crippen LogP contribution in [0.25, 0.3) is 21.5 Å². The molecular weight excluding hydrogens is 415 g/mol. The van der Waals surface area contributed by atoms with Crippen LogP contribution in [-0.4, -0.2) is 20.8 Å². The third-order valence-corrected chi connectivity index (χ3v) is 5.59. The summed E-state index contributed by atoms with van der Waals surface area (Å²) in [4.78, 5) is 17.3. The molecule has 0 bridgehead atoms. The summed E-state index contributed by atoms with van der Waals surface area (Å²) in [5.74, 6) is 0. The van der Waals surface area contributed by atoms with Gasteiger partial charge in [0.1, 0.15) is 11.2 Å². The molecule has 2 aromatic carbocycles. The number of fused-ring (bicyclic) bond motifs is 1. The summed E-state index contributed by atoms with van der Waals surface area (Å²) in [6.45, 7) is 2.04. The van der Waals surface area contributed by atoms with Gasteiger partial charge in [-0.15, -0.1) is 0 Å². The fourth-order valence-electron chi connectivity index (χ4n) is 2.80. The summed E-state index contributed by atoms with van der Waals surface area (Å²) in [7, 11) is 0. The van der Waals surface area contributed by atoms with E-state index < -0.39 is 0 Å². The maximum absolute atomic E-state index is 12.9. The number of amides is 1. The first-order valence-electron chi connectivity index (χ1n) is 8.68. The topological polar surface area (TPSA) is 59.8 Å². The van der Waals surface area contributed by atoms with E-state index in [1.165, 1.54) is 16.0 Å². The fourth-order valence-corrected chi connectivity index (χ4v) is 4.08. The van der Waals surface area contributed by atoms with E-state index in [-0.39, 0.29) is 6.03 Å². The lowest BCUT2D eigenvalue weighted by Gasteiger charge is -2.05. The summed E-state index contributed by atoms with van der Waals surface area (Å²) in [5, 5.41) is 8.94. The van der Waals surface area contributed by atoms with Crippen molar-refractivity contribution in [2.45, 2.75) is 19.8 Å². The second kappa shape index (κ2) is 7.91. The molecule has 1 N–H and O–H groups in total. The SMILES string of the molecule is CCCc1[c]c(-c2ccc(Cl)cc2)nn1C(=O)Nc1nc2c(Cl)cccc2s1. The van der Waals surface area contributed by atoms with Gasteiger partial charge in [-0.25, -0.2) is 9.78 Å². The van der Waals surface area contributed by atoms with Crippen LogP contribution < -0.4 is 5.32 Å². The molecule has 8 heteroatoms. The van der Waals surface area contributed by atoms with Gasteiger partial charge >= 0.3 is 6.03 Å². The molecule has 0 spiro atoms. The third-order valence-electron chi connectivity index (χ3n) is 4.10. The lowest BCUT2D eigenvalue weighted by Crippen LogP contribution is -2.22. The average Bonchev–Trinajstić information content (AvgIpc) is 3.27. The maximum atomic E-state index is 12.9. The lowest BCUT2D eigenvalue weighted by molar-refractivity contribution is 0.250. The van der Waals surface area contributed by atoms with Gasteiger partial charge in [0.2, 0.25) is 0 Å². The van der Waals surface area contributed by atoms with Gasteiger partial charge < -0.3 is 0 Å². The zero-order chi connectivity index (χ0) is 19.7. The van der Waals surface area contributed by atoms with Crippen LogP contribution in [0.15, 0.2) is 42.5 Å². The third kappa shape index (κ3) is 3.76. The minimum atomic E-state index is -0.380. The van der Waals surface area contributed by atoms with E-state index in [0.29, 0.717) is 38.5 Å². The predicted octanol–water partition coefficient (Wildman–Crippen LogP) is 6.30. The Morgan fingerprint density at radius 2 is 2.00 bits per heavy atom. The molecule has 4 aromatic rings. The number of aryl methyl sites for hydroxylation is 1. The lowest BCUT2D eigenvalue weighted by atomic mass is 10.1. The monoisotopic (exact) mass is 429 g/mol. The highest BCUT2D eigenvalue weighted by atomic mass is 35.5. The zero-order valence-corrected chi connectivity index (χ0v) is 17.2. The average molecular weight is 430 g/mol. The number of nitrogens with zero attached hydrogens (tertiary/aromatic N) is 3. The van der Waals surface area contributed by atoms with Crippen LogP contribution in [0.4, 0.5) is 9.93 Å². The molecule has 0 fully saturated rings. The van der Waals surface area contributed by atoms with Gasteiger partial charge in [0.25, 0.3) is 0 Å². The molecule has 0 aliphatic rings. The molecule has 0 aliphatic carbocycles. The molecule has 0 unspecified atom stereocenters. The normalized spacial score (nSPS) is 11.1. The van der Waals surface area contributed by atoms with Gasteiger partial charge in [0, 0.05) is 16.7 Å².